The van der Waals surface area contributed by atoms with Gasteiger partial charge >= 0.3 is 0 Å². The third-order valence-corrected chi connectivity index (χ3v) is 6.92. The lowest BCUT2D eigenvalue weighted by atomic mass is 10.1. The number of nitrogens with zero attached hydrogens (tertiary/aromatic N) is 2. The third-order valence-electron chi connectivity index (χ3n) is 5.35. The summed E-state index contributed by atoms with van der Waals surface area (Å²) in [6, 6.07) is 26.3. The molecule has 0 unspecified atom stereocenters. The average Bonchev–Trinajstić information content (AvgIpc) is 2.88. The van der Waals surface area contributed by atoms with E-state index >= 15 is 0 Å². The van der Waals surface area contributed by atoms with Crippen molar-refractivity contribution in [2.24, 2.45) is 0 Å². The first-order chi connectivity index (χ1) is 17.4. The molecule has 1 amide bonds. The number of nitrogens with one attached hydrogen (secondary N) is 3. The molecular weight excluding hydrogens is 494 g/mol. The topological polar surface area (TPSA) is 113 Å². The monoisotopic (exact) mass is 513 g/mol. The van der Waals surface area contributed by atoms with Crippen molar-refractivity contribution in [3.05, 3.63) is 103 Å². The molecular formula is C26H19N5O3S2. The lowest BCUT2D eigenvalue weighted by Crippen LogP contribution is -2.34. The van der Waals surface area contributed by atoms with Gasteiger partial charge in [0.2, 0.25) is 0 Å². The van der Waals surface area contributed by atoms with Crippen molar-refractivity contribution in [2.75, 3.05) is 10.0 Å². The number of thiocarbonyl (C=S) groups is 1. The summed E-state index contributed by atoms with van der Waals surface area (Å²) in [6.45, 7) is 0. The second kappa shape index (κ2) is 9.68. The van der Waals surface area contributed by atoms with Crippen LogP contribution in [0.4, 0.5) is 11.5 Å². The van der Waals surface area contributed by atoms with Gasteiger partial charge in [0.1, 0.15) is 0 Å². The Morgan fingerprint density at radius 2 is 1.50 bits per heavy atom. The molecule has 0 radical (unpaired) electrons. The van der Waals surface area contributed by atoms with E-state index in [4.69, 9.17) is 12.2 Å². The van der Waals surface area contributed by atoms with Crippen LogP contribution in [-0.4, -0.2) is 29.4 Å². The molecule has 0 spiro atoms. The zero-order valence-electron chi connectivity index (χ0n) is 18.7. The Balaban J connectivity index is 1.23. The standard InChI is InChI=1S/C26H19N5O3S2/c32-25(19-10-9-17-5-1-2-6-18(17)15-19)30-26(35)28-20-11-13-21(14-12-20)36(33,34)31-24-16-27-22-7-3-4-8-23(22)29-24/h1-16H,(H,29,31)(H2,28,30,32,35). The molecule has 0 aliphatic heterocycles. The summed E-state index contributed by atoms with van der Waals surface area (Å²) in [7, 11) is -3.88. The van der Waals surface area contributed by atoms with Gasteiger partial charge in [-0.05, 0) is 71.5 Å². The number of fused-ring (bicyclic) bond motifs is 2. The summed E-state index contributed by atoms with van der Waals surface area (Å²) in [5.41, 5.74) is 2.24. The fraction of sp³-hybridized carbons (Fsp3) is 0. The summed E-state index contributed by atoms with van der Waals surface area (Å²) in [5.74, 6) is -0.230. The number of hydrogen-bond donors (Lipinski definition) is 3. The molecule has 0 aliphatic rings. The van der Waals surface area contributed by atoms with Gasteiger partial charge in [0, 0.05) is 11.3 Å². The molecule has 0 saturated heterocycles. The van der Waals surface area contributed by atoms with Crippen LogP contribution < -0.4 is 15.4 Å². The van der Waals surface area contributed by atoms with E-state index in [1.165, 1.54) is 18.3 Å². The van der Waals surface area contributed by atoms with Crippen LogP contribution in [0.5, 0.6) is 0 Å². The predicted molar refractivity (Wildman–Crippen MR) is 144 cm³/mol. The Morgan fingerprint density at radius 3 is 2.28 bits per heavy atom. The first-order valence-corrected chi connectivity index (χ1v) is 12.7. The average molecular weight is 514 g/mol. The maximum Gasteiger partial charge on any atom is 0.263 e. The SMILES string of the molecule is O=C(NC(=S)Nc1ccc(S(=O)(=O)Nc2cnc3ccccc3n2)cc1)c1ccc2ccccc2c1. The van der Waals surface area contributed by atoms with Crippen molar-refractivity contribution in [1.29, 1.82) is 0 Å². The fourth-order valence-electron chi connectivity index (χ4n) is 3.59. The van der Waals surface area contributed by atoms with Crippen molar-refractivity contribution in [3.63, 3.8) is 0 Å². The van der Waals surface area contributed by atoms with Gasteiger partial charge in [0.15, 0.2) is 10.9 Å². The van der Waals surface area contributed by atoms with Crippen molar-refractivity contribution < 1.29 is 13.2 Å². The van der Waals surface area contributed by atoms with Gasteiger partial charge in [-0.1, -0.05) is 42.5 Å². The Bertz CT molecular complexity index is 1720. The van der Waals surface area contributed by atoms with Crippen molar-refractivity contribution >= 4 is 66.6 Å². The molecule has 0 saturated carbocycles. The molecule has 1 heterocycles. The van der Waals surface area contributed by atoms with E-state index in [2.05, 4.69) is 25.3 Å². The van der Waals surface area contributed by atoms with E-state index < -0.39 is 10.0 Å². The van der Waals surface area contributed by atoms with Crippen LogP contribution in [0.2, 0.25) is 0 Å². The van der Waals surface area contributed by atoms with Crippen LogP contribution in [0, 0.1) is 0 Å². The summed E-state index contributed by atoms with van der Waals surface area (Å²) in [6.07, 6.45) is 1.37. The van der Waals surface area contributed by atoms with E-state index in [9.17, 15) is 13.2 Å². The summed E-state index contributed by atoms with van der Waals surface area (Å²) in [5, 5.41) is 7.60. The van der Waals surface area contributed by atoms with E-state index in [-0.39, 0.29) is 21.7 Å². The number of anilines is 2. The maximum atomic E-state index is 12.8. The van der Waals surface area contributed by atoms with Crippen LogP contribution in [0.15, 0.2) is 102 Å². The van der Waals surface area contributed by atoms with Crippen molar-refractivity contribution in [2.45, 2.75) is 4.90 Å². The zero-order chi connectivity index (χ0) is 25.1. The Hall–Kier alpha value is -4.41. The molecule has 0 atom stereocenters. The minimum absolute atomic E-state index is 0.0362. The quantitative estimate of drug-likeness (QED) is 0.292. The summed E-state index contributed by atoms with van der Waals surface area (Å²) in [4.78, 5) is 21.1. The van der Waals surface area contributed by atoms with Crippen molar-refractivity contribution in [1.82, 2.24) is 15.3 Å². The Morgan fingerprint density at radius 1 is 0.806 bits per heavy atom. The Labute approximate surface area is 212 Å². The second-order valence-corrected chi connectivity index (χ2v) is 9.93. The van der Waals surface area contributed by atoms with Gasteiger partial charge in [0.05, 0.1) is 22.1 Å². The molecule has 8 nitrogen and oxygen atoms in total. The highest BCUT2D eigenvalue weighted by Gasteiger charge is 2.16. The molecule has 3 N–H and O–H groups in total. The molecule has 36 heavy (non-hydrogen) atoms. The van der Waals surface area contributed by atoms with E-state index in [1.807, 2.05) is 36.4 Å². The number of rotatable bonds is 5. The van der Waals surface area contributed by atoms with Crippen molar-refractivity contribution in [3.8, 4) is 0 Å². The number of carbonyl (C=O) groups is 1. The lowest BCUT2D eigenvalue weighted by Gasteiger charge is -2.11. The number of benzene rings is 4. The maximum absolute atomic E-state index is 12.8. The van der Waals surface area contributed by atoms with E-state index in [1.54, 1.807) is 42.5 Å². The largest absolute Gasteiger partial charge is 0.332 e. The molecule has 0 fully saturated rings. The van der Waals surface area contributed by atoms with Gasteiger partial charge < -0.3 is 5.32 Å². The second-order valence-electron chi connectivity index (χ2n) is 7.84. The third kappa shape index (κ3) is 5.14. The molecule has 0 bridgehead atoms. The van der Waals surface area contributed by atoms with Crippen LogP contribution in [-0.2, 0) is 10.0 Å². The van der Waals surface area contributed by atoms with Crippen LogP contribution in [0.25, 0.3) is 21.8 Å². The molecule has 1 aromatic heterocycles. The van der Waals surface area contributed by atoms with Crippen LogP contribution in [0.1, 0.15) is 10.4 Å². The molecule has 10 heteroatoms. The number of hydrogen-bond acceptors (Lipinski definition) is 6. The highest BCUT2D eigenvalue weighted by atomic mass is 32.2. The fourth-order valence-corrected chi connectivity index (χ4v) is 4.79. The van der Waals surface area contributed by atoms with Crippen LogP contribution >= 0.6 is 12.2 Å². The molecule has 4 aromatic carbocycles. The predicted octanol–water partition coefficient (Wildman–Crippen LogP) is 4.71. The highest BCUT2D eigenvalue weighted by Crippen LogP contribution is 2.19. The molecule has 5 aromatic rings. The first-order valence-electron chi connectivity index (χ1n) is 10.8. The minimum atomic E-state index is -3.88. The normalized spacial score (nSPS) is 11.2. The van der Waals surface area contributed by atoms with Gasteiger partial charge in [-0.15, -0.1) is 0 Å². The first kappa shape index (κ1) is 23.3. The number of aromatic nitrogens is 2. The Kier molecular flexibility index (Phi) is 6.28. The van der Waals surface area contributed by atoms with Gasteiger partial charge in [-0.2, -0.15) is 0 Å². The zero-order valence-corrected chi connectivity index (χ0v) is 20.3. The molecule has 5 rings (SSSR count). The number of amides is 1. The van der Waals surface area contributed by atoms with E-state index in [0.717, 1.165) is 10.8 Å². The van der Waals surface area contributed by atoms with Gasteiger partial charge in [-0.25, -0.2) is 13.4 Å². The number of para-hydroxylation sites is 2. The lowest BCUT2D eigenvalue weighted by molar-refractivity contribution is 0.0978. The number of carbonyl (C=O) groups excluding carboxylic acids is 1. The molecule has 0 aliphatic carbocycles. The smallest absolute Gasteiger partial charge is 0.263 e. The molecule has 178 valence electrons. The highest BCUT2D eigenvalue weighted by molar-refractivity contribution is 7.92. The van der Waals surface area contributed by atoms with Crippen LogP contribution in [0.3, 0.4) is 0 Å². The van der Waals surface area contributed by atoms with E-state index in [0.29, 0.717) is 22.3 Å². The number of sulfonamides is 1. The van der Waals surface area contributed by atoms with Gasteiger partial charge in [-0.3, -0.25) is 19.8 Å². The summed E-state index contributed by atoms with van der Waals surface area (Å²) >= 11 is 5.25. The minimum Gasteiger partial charge on any atom is -0.332 e. The summed E-state index contributed by atoms with van der Waals surface area (Å²) < 4.78 is 28.0. The van der Waals surface area contributed by atoms with Gasteiger partial charge in [0.25, 0.3) is 15.9 Å².